The van der Waals surface area contributed by atoms with E-state index in [-0.39, 0.29) is 5.92 Å². The Morgan fingerprint density at radius 1 is 1.50 bits per heavy atom. The molecule has 0 bridgehead atoms. The third-order valence-corrected chi connectivity index (χ3v) is 5.18. The van der Waals surface area contributed by atoms with Crippen LogP contribution in [0.4, 0.5) is 0 Å². The van der Waals surface area contributed by atoms with Gasteiger partial charge in [-0.25, -0.2) is 4.79 Å². The van der Waals surface area contributed by atoms with Gasteiger partial charge in [-0.15, -0.1) is 0 Å². The summed E-state index contributed by atoms with van der Waals surface area (Å²) in [5, 5.41) is 16.0. The molecule has 0 aliphatic heterocycles. The second-order valence-electron chi connectivity index (χ2n) is 6.67. The van der Waals surface area contributed by atoms with Crippen LogP contribution in [0.5, 0.6) is 0 Å². The van der Waals surface area contributed by atoms with Gasteiger partial charge in [-0.1, -0.05) is 18.5 Å². The van der Waals surface area contributed by atoms with E-state index < -0.39 is 17.9 Å². The number of aryl methyl sites for hydroxylation is 1. The number of aliphatic carboxylic acids is 1. The maximum Gasteiger partial charge on any atom is 0.326 e. The topological polar surface area (TPSA) is 92.4 Å². The van der Waals surface area contributed by atoms with E-state index in [0.717, 1.165) is 19.3 Å². The highest BCUT2D eigenvalue weighted by molar-refractivity contribution is 5.97. The Labute approximate surface area is 129 Å². The highest BCUT2D eigenvalue weighted by atomic mass is 16.5. The molecule has 0 radical (unpaired) electrons. The lowest BCUT2D eigenvalue weighted by Crippen LogP contribution is -2.47. The van der Waals surface area contributed by atoms with Crippen LogP contribution in [0.15, 0.2) is 10.8 Å². The number of carbonyl (C=O) groups excluding carboxylic acids is 1. The number of carbonyl (C=O) groups is 2. The van der Waals surface area contributed by atoms with Crippen molar-refractivity contribution in [3.63, 3.8) is 0 Å². The molecule has 1 amide bonds. The van der Waals surface area contributed by atoms with Gasteiger partial charge in [0.1, 0.15) is 17.9 Å². The number of hydrogen-bond donors (Lipinski definition) is 2. The van der Waals surface area contributed by atoms with E-state index in [1.54, 1.807) is 0 Å². The molecule has 2 unspecified atom stereocenters. The van der Waals surface area contributed by atoms with Crippen LogP contribution < -0.4 is 5.32 Å². The second kappa shape index (κ2) is 5.74. The van der Waals surface area contributed by atoms with Crippen LogP contribution in [-0.4, -0.2) is 28.2 Å². The van der Waals surface area contributed by atoms with Gasteiger partial charge in [-0.2, -0.15) is 0 Å². The summed E-state index contributed by atoms with van der Waals surface area (Å²) in [5.74, 6) is -1.34. The predicted molar refractivity (Wildman–Crippen MR) is 78.4 cm³/mol. The van der Waals surface area contributed by atoms with E-state index in [0.29, 0.717) is 23.1 Å². The summed E-state index contributed by atoms with van der Waals surface area (Å²) < 4.78 is 4.83. The van der Waals surface area contributed by atoms with Crippen molar-refractivity contribution in [3.8, 4) is 0 Å². The molecule has 2 saturated carbocycles. The van der Waals surface area contributed by atoms with Crippen molar-refractivity contribution in [2.75, 3.05) is 0 Å². The van der Waals surface area contributed by atoms with Crippen LogP contribution in [0.1, 0.15) is 61.5 Å². The molecule has 0 saturated heterocycles. The Bertz CT molecular complexity index is 576. The van der Waals surface area contributed by atoms with Crippen LogP contribution >= 0.6 is 0 Å². The Morgan fingerprint density at radius 3 is 2.91 bits per heavy atom. The average Bonchev–Trinajstić information content (AvgIpc) is 3.06. The number of aromatic nitrogens is 1. The van der Waals surface area contributed by atoms with Crippen LogP contribution in [0, 0.1) is 11.3 Å². The molecule has 3 rings (SSSR count). The summed E-state index contributed by atoms with van der Waals surface area (Å²) in [4.78, 5) is 24.0. The number of hydrogen-bond acceptors (Lipinski definition) is 4. The summed E-state index contributed by atoms with van der Waals surface area (Å²) in [5.41, 5.74) is 1.27. The first-order valence-electron chi connectivity index (χ1n) is 8.01. The first-order valence-corrected chi connectivity index (χ1v) is 8.01. The van der Waals surface area contributed by atoms with E-state index in [1.807, 2.05) is 6.92 Å². The zero-order valence-corrected chi connectivity index (χ0v) is 12.8. The molecule has 2 aliphatic rings. The fraction of sp³-hybridized carbons (Fsp3) is 0.688. The zero-order valence-electron chi connectivity index (χ0n) is 12.8. The Morgan fingerprint density at radius 2 is 2.27 bits per heavy atom. The second-order valence-corrected chi connectivity index (χ2v) is 6.67. The molecule has 1 heterocycles. The SMILES string of the molecule is CCc1nocc1C(=O)NC(C(=O)O)C1CCCC2(CC2)C1. The van der Waals surface area contributed by atoms with Crippen LogP contribution in [0.3, 0.4) is 0 Å². The zero-order chi connectivity index (χ0) is 15.7. The van der Waals surface area contributed by atoms with Crippen LogP contribution in [-0.2, 0) is 11.2 Å². The van der Waals surface area contributed by atoms with Gasteiger partial charge in [0.2, 0.25) is 0 Å². The van der Waals surface area contributed by atoms with E-state index in [4.69, 9.17) is 4.52 Å². The van der Waals surface area contributed by atoms with Crippen molar-refractivity contribution in [2.24, 2.45) is 11.3 Å². The first-order chi connectivity index (χ1) is 10.5. The summed E-state index contributed by atoms with van der Waals surface area (Å²) in [6.07, 6.45) is 8.30. The molecule has 120 valence electrons. The molecule has 1 aromatic heterocycles. The summed E-state index contributed by atoms with van der Waals surface area (Å²) >= 11 is 0. The molecular weight excluding hydrogens is 284 g/mol. The number of nitrogens with zero attached hydrogens (tertiary/aromatic N) is 1. The van der Waals surface area contributed by atoms with Crippen molar-refractivity contribution in [1.29, 1.82) is 0 Å². The van der Waals surface area contributed by atoms with Gasteiger partial charge in [0.25, 0.3) is 5.91 Å². The third-order valence-electron chi connectivity index (χ3n) is 5.18. The molecule has 6 nitrogen and oxygen atoms in total. The van der Waals surface area contributed by atoms with E-state index >= 15 is 0 Å². The van der Waals surface area contributed by atoms with Crippen LogP contribution in [0.25, 0.3) is 0 Å². The Hall–Kier alpha value is -1.85. The molecule has 1 aromatic rings. The van der Waals surface area contributed by atoms with Gasteiger partial charge in [0, 0.05) is 0 Å². The number of amides is 1. The van der Waals surface area contributed by atoms with Gasteiger partial charge in [0.05, 0.1) is 5.69 Å². The van der Waals surface area contributed by atoms with Crippen molar-refractivity contribution in [3.05, 3.63) is 17.5 Å². The van der Waals surface area contributed by atoms with E-state index in [2.05, 4.69) is 10.5 Å². The lowest BCUT2D eigenvalue weighted by Gasteiger charge is -2.33. The third kappa shape index (κ3) is 2.87. The lowest BCUT2D eigenvalue weighted by atomic mass is 9.75. The van der Waals surface area contributed by atoms with Gasteiger partial charge in [-0.3, -0.25) is 4.79 Å². The molecule has 0 aromatic carbocycles. The highest BCUT2D eigenvalue weighted by Gasteiger charge is 2.48. The van der Waals surface area contributed by atoms with Gasteiger partial charge in [0.15, 0.2) is 0 Å². The summed E-state index contributed by atoms with van der Waals surface area (Å²) in [6, 6.07) is -0.829. The Balaban J connectivity index is 1.71. The summed E-state index contributed by atoms with van der Waals surface area (Å²) in [7, 11) is 0. The quantitative estimate of drug-likeness (QED) is 0.871. The number of carboxylic acids is 1. The van der Waals surface area contributed by atoms with Gasteiger partial charge in [-0.05, 0) is 49.9 Å². The monoisotopic (exact) mass is 306 g/mol. The fourth-order valence-corrected chi connectivity index (χ4v) is 3.71. The highest BCUT2D eigenvalue weighted by Crippen LogP contribution is 2.58. The smallest absolute Gasteiger partial charge is 0.326 e. The number of rotatable bonds is 5. The molecule has 1 spiro atoms. The molecule has 2 fully saturated rings. The molecule has 22 heavy (non-hydrogen) atoms. The maximum absolute atomic E-state index is 12.3. The van der Waals surface area contributed by atoms with Crippen molar-refractivity contribution in [1.82, 2.24) is 10.5 Å². The number of carboxylic acid groups (broad SMARTS) is 1. The summed E-state index contributed by atoms with van der Waals surface area (Å²) in [6.45, 7) is 1.88. The molecule has 6 heteroatoms. The fourth-order valence-electron chi connectivity index (χ4n) is 3.71. The molecule has 2 N–H and O–H groups in total. The maximum atomic E-state index is 12.3. The molecule has 2 atom stereocenters. The minimum Gasteiger partial charge on any atom is -0.480 e. The van der Waals surface area contributed by atoms with E-state index in [1.165, 1.54) is 25.5 Å². The lowest BCUT2D eigenvalue weighted by molar-refractivity contribution is -0.141. The minimum absolute atomic E-state index is 0.0163. The van der Waals surface area contributed by atoms with Gasteiger partial charge < -0.3 is 14.9 Å². The largest absolute Gasteiger partial charge is 0.480 e. The normalized spacial score (nSPS) is 24.0. The first kappa shape index (κ1) is 15.1. The minimum atomic E-state index is -0.953. The van der Waals surface area contributed by atoms with Gasteiger partial charge >= 0.3 is 5.97 Å². The predicted octanol–water partition coefficient (Wildman–Crippen LogP) is 2.39. The Kier molecular flexibility index (Phi) is 3.93. The van der Waals surface area contributed by atoms with E-state index in [9.17, 15) is 14.7 Å². The average molecular weight is 306 g/mol. The molecular formula is C16H22N2O4. The van der Waals surface area contributed by atoms with Crippen molar-refractivity contribution >= 4 is 11.9 Å². The number of nitrogens with one attached hydrogen (secondary N) is 1. The van der Waals surface area contributed by atoms with Crippen LogP contribution in [0.2, 0.25) is 0 Å². The van der Waals surface area contributed by atoms with Crippen molar-refractivity contribution in [2.45, 2.75) is 57.9 Å². The standard InChI is InChI=1S/C16H22N2O4/c1-2-12-11(9-22-18-12)14(19)17-13(15(20)21)10-4-3-5-16(8-10)6-7-16/h9-10,13H,2-8H2,1H3,(H,17,19)(H,20,21). The van der Waals surface area contributed by atoms with Crippen molar-refractivity contribution < 1.29 is 19.2 Å². The molecule has 2 aliphatic carbocycles.